The molecule has 1 aromatic carbocycles. The number of nitrogens with zero attached hydrogens (tertiary/aromatic N) is 3. The van der Waals surface area contributed by atoms with Gasteiger partial charge in [0.05, 0.1) is 6.20 Å². The number of aromatic nitrogens is 2. The molecular formula is C30H40N4O3. The largest absolute Gasteiger partial charge is 0.508 e. The molecular weight excluding hydrogens is 464 g/mol. The van der Waals surface area contributed by atoms with Gasteiger partial charge < -0.3 is 15.0 Å². The molecule has 3 aliphatic carbocycles. The zero-order valence-electron chi connectivity index (χ0n) is 22.4. The van der Waals surface area contributed by atoms with Gasteiger partial charge in [-0.25, -0.2) is 4.98 Å². The fraction of sp³-hybridized carbons (Fsp3) is 0.633. The Bertz CT molecular complexity index is 1240. The van der Waals surface area contributed by atoms with Crippen molar-refractivity contribution >= 4 is 5.91 Å². The summed E-state index contributed by atoms with van der Waals surface area (Å²) >= 11 is 0. The smallest absolute Gasteiger partial charge is 0.273 e. The number of aryl methyl sites for hydroxylation is 1. The Morgan fingerprint density at radius 2 is 2.00 bits per heavy atom. The Morgan fingerprint density at radius 3 is 2.70 bits per heavy atom. The van der Waals surface area contributed by atoms with Crippen LogP contribution in [0.3, 0.4) is 0 Å². The van der Waals surface area contributed by atoms with Crippen LogP contribution in [0.1, 0.15) is 80.4 Å². The Balaban J connectivity index is 1.43. The molecule has 5 atom stereocenters. The van der Waals surface area contributed by atoms with E-state index >= 15 is 0 Å². The number of rotatable bonds is 6. The summed E-state index contributed by atoms with van der Waals surface area (Å²) in [4.78, 5) is 36.5. The number of amides is 1. The molecule has 7 heteroatoms. The number of carbonyl (C=O) groups is 1. The molecule has 6 rings (SSSR count). The molecule has 7 nitrogen and oxygen atoms in total. The number of hydrogen-bond acceptors (Lipinski definition) is 5. The number of nitrogens with one attached hydrogen (secondary N) is 1. The molecule has 0 radical (unpaired) electrons. The number of carbonyl (C=O) groups excluding carboxylic acids is 1. The van der Waals surface area contributed by atoms with Gasteiger partial charge in [0.25, 0.3) is 11.5 Å². The molecule has 5 unspecified atom stereocenters. The highest BCUT2D eigenvalue weighted by molar-refractivity contribution is 5.92. The van der Waals surface area contributed by atoms with E-state index < -0.39 is 0 Å². The standard InChI is InChI=1S/C30H40N4O3/c1-4-21-7-8-22(35)15-24(21)30-13-14-34(18-20-5-6-20)19(2)29(30)11-9-23(30)26(10-12-29)33(3)28(37)25-16-32-27(36)17-31-25/h7-8,15-17,19-20,23,26,35H,4-6,9-14,18H2,1-3H3,(H,32,36). The van der Waals surface area contributed by atoms with Crippen LogP contribution in [0.5, 0.6) is 5.75 Å². The van der Waals surface area contributed by atoms with Crippen molar-refractivity contribution in [2.24, 2.45) is 17.3 Å². The molecule has 2 aromatic rings. The predicted molar refractivity (Wildman–Crippen MR) is 143 cm³/mol. The zero-order chi connectivity index (χ0) is 25.9. The fourth-order valence-corrected chi connectivity index (χ4v) is 8.84. The lowest BCUT2D eigenvalue weighted by Gasteiger charge is -2.64. The summed E-state index contributed by atoms with van der Waals surface area (Å²) in [6.07, 6.45) is 11.6. The van der Waals surface area contributed by atoms with Crippen molar-refractivity contribution in [1.29, 1.82) is 0 Å². The summed E-state index contributed by atoms with van der Waals surface area (Å²) in [6.45, 7) is 6.96. The Labute approximate surface area is 219 Å². The van der Waals surface area contributed by atoms with E-state index in [1.54, 1.807) is 0 Å². The van der Waals surface area contributed by atoms with Crippen molar-refractivity contribution in [3.05, 3.63) is 57.8 Å². The van der Waals surface area contributed by atoms with Crippen molar-refractivity contribution < 1.29 is 9.90 Å². The molecule has 2 N–H and O–H groups in total. The minimum absolute atomic E-state index is 0.0769. The number of likely N-dealkylation sites (tertiary alicyclic amines) is 1. The summed E-state index contributed by atoms with van der Waals surface area (Å²) in [5.74, 6) is 1.38. The average Bonchev–Trinajstić information content (AvgIpc) is 3.69. The van der Waals surface area contributed by atoms with E-state index in [0.29, 0.717) is 17.7 Å². The molecule has 1 aromatic heterocycles. The number of aromatic hydroxyl groups is 1. The van der Waals surface area contributed by atoms with Crippen LogP contribution < -0.4 is 5.56 Å². The number of hydrogen-bond donors (Lipinski definition) is 2. The first-order valence-electron chi connectivity index (χ1n) is 14.2. The molecule has 198 valence electrons. The van der Waals surface area contributed by atoms with Gasteiger partial charge in [-0.3, -0.25) is 14.5 Å². The van der Waals surface area contributed by atoms with Crippen molar-refractivity contribution in [1.82, 2.24) is 19.8 Å². The van der Waals surface area contributed by atoms with Crippen LogP contribution in [-0.2, 0) is 11.8 Å². The zero-order valence-corrected chi connectivity index (χ0v) is 22.4. The molecule has 3 saturated carbocycles. The normalized spacial score (nSPS) is 33.2. The van der Waals surface area contributed by atoms with Gasteiger partial charge in [0.2, 0.25) is 0 Å². The Hall–Kier alpha value is -2.67. The van der Waals surface area contributed by atoms with Gasteiger partial charge >= 0.3 is 0 Å². The minimum Gasteiger partial charge on any atom is -0.508 e. The van der Waals surface area contributed by atoms with E-state index in [-0.39, 0.29) is 34.0 Å². The number of phenols is 1. The van der Waals surface area contributed by atoms with Crippen LogP contribution in [0, 0.1) is 17.3 Å². The van der Waals surface area contributed by atoms with E-state index in [1.165, 1.54) is 42.9 Å². The van der Waals surface area contributed by atoms with Gasteiger partial charge in [-0.2, -0.15) is 0 Å². The maximum atomic E-state index is 13.5. The minimum atomic E-state index is -0.306. The maximum absolute atomic E-state index is 13.5. The highest BCUT2D eigenvalue weighted by Crippen LogP contribution is 2.70. The first-order valence-corrected chi connectivity index (χ1v) is 14.2. The quantitative estimate of drug-likeness (QED) is 0.618. The van der Waals surface area contributed by atoms with Crippen LogP contribution in [0.25, 0.3) is 0 Å². The molecule has 1 amide bonds. The van der Waals surface area contributed by atoms with E-state index in [2.05, 4.69) is 40.8 Å². The highest BCUT2D eigenvalue weighted by Gasteiger charge is 2.69. The highest BCUT2D eigenvalue weighted by atomic mass is 16.3. The second kappa shape index (κ2) is 8.97. The van der Waals surface area contributed by atoms with Crippen LogP contribution >= 0.6 is 0 Å². The van der Waals surface area contributed by atoms with Crippen LogP contribution in [0.15, 0.2) is 35.4 Å². The van der Waals surface area contributed by atoms with Gasteiger partial charge in [0, 0.05) is 37.3 Å². The molecule has 37 heavy (non-hydrogen) atoms. The second-order valence-electron chi connectivity index (χ2n) is 12.2. The van der Waals surface area contributed by atoms with Gasteiger partial charge in [-0.15, -0.1) is 0 Å². The van der Waals surface area contributed by atoms with Crippen LogP contribution in [0.2, 0.25) is 0 Å². The van der Waals surface area contributed by atoms with Gasteiger partial charge in [0.1, 0.15) is 11.4 Å². The molecule has 4 fully saturated rings. The number of H-pyrrole nitrogens is 1. The molecule has 1 aliphatic heterocycles. The third kappa shape index (κ3) is 3.68. The van der Waals surface area contributed by atoms with Crippen LogP contribution in [-0.4, -0.2) is 63.0 Å². The maximum Gasteiger partial charge on any atom is 0.273 e. The summed E-state index contributed by atoms with van der Waals surface area (Å²) < 4.78 is 0. The molecule has 1 saturated heterocycles. The Morgan fingerprint density at radius 1 is 1.22 bits per heavy atom. The van der Waals surface area contributed by atoms with Gasteiger partial charge in [0.15, 0.2) is 0 Å². The molecule has 0 spiro atoms. The van der Waals surface area contributed by atoms with Gasteiger partial charge in [-0.05, 0) is 105 Å². The summed E-state index contributed by atoms with van der Waals surface area (Å²) in [5.41, 5.74) is 2.69. The fourth-order valence-electron chi connectivity index (χ4n) is 8.84. The molecule has 2 bridgehead atoms. The monoisotopic (exact) mass is 504 g/mol. The number of benzene rings is 1. The average molecular weight is 505 g/mol. The van der Waals surface area contributed by atoms with Crippen molar-refractivity contribution in [3.63, 3.8) is 0 Å². The van der Waals surface area contributed by atoms with Crippen LogP contribution in [0.4, 0.5) is 0 Å². The number of aromatic amines is 1. The van der Waals surface area contributed by atoms with Crippen molar-refractivity contribution in [2.45, 2.75) is 82.7 Å². The first-order chi connectivity index (χ1) is 17.8. The van der Waals surface area contributed by atoms with E-state index in [1.807, 2.05) is 18.0 Å². The lowest BCUT2D eigenvalue weighted by Crippen LogP contribution is -2.67. The van der Waals surface area contributed by atoms with E-state index in [9.17, 15) is 14.7 Å². The number of piperidine rings is 1. The van der Waals surface area contributed by atoms with E-state index in [4.69, 9.17) is 0 Å². The van der Waals surface area contributed by atoms with E-state index in [0.717, 1.165) is 51.0 Å². The van der Waals surface area contributed by atoms with Crippen molar-refractivity contribution in [3.8, 4) is 5.75 Å². The topological polar surface area (TPSA) is 89.5 Å². The lowest BCUT2D eigenvalue weighted by atomic mass is 9.46. The summed E-state index contributed by atoms with van der Waals surface area (Å²) in [7, 11) is 1.91. The first kappa shape index (κ1) is 24.7. The number of phenolic OH excluding ortho intramolecular Hbond substituents is 1. The SMILES string of the molecule is CCc1ccc(O)cc1C12CCN(CC3CC3)C(C)C13CCC(N(C)C(=O)c1c[nH]c(=O)cn1)C2CC3. The third-order valence-electron chi connectivity index (χ3n) is 10.8. The van der Waals surface area contributed by atoms with Gasteiger partial charge in [-0.1, -0.05) is 13.0 Å². The molecule has 2 heterocycles. The third-order valence-corrected chi connectivity index (χ3v) is 10.8. The Kier molecular flexibility index (Phi) is 5.98. The lowest BCUT2D eigenvalue weighted by molar-refractivity contribution is -0.0893. The summed E-state index contributed by atoms with van der Waals surface area (Å²) in [5, 5.41) is 10.7. The second-order valence-corrected chi connectivity index (χ2v) is 12.2. The predicted octanol–water partition coefficient (Wildman–Crippen LogP) is 4.11. The summed E-state index contributed by atoms with van der Waals surface area (Å²) in [6, 6.07) is 6.57. The molecule has 4 aliphatic rings. The van der Waals surface area contributed by atoms with Crippen molar-refractivity contribution in [2.75, 3.05) is 20.1 Å².